The van der Waals surface area contributed by atoms with Gasteiger partial charge in [-0.05, 0) is 49.7 Å². The van der Waals surface area contributed by atoms with E-state index in [2.05, 4.69) is 6.92 Å². The zero-order chi connectivity index (χ0) is 20.2. The Balaban J connectivity index is 1.61. The lowest BCUT2D eigenvalue weighted by molar-refractivity contribution is 0.0226. The molecule has 158 valence electrons. The largest absolute Gasteiger partial charge is 0.378 e. The average molecular weight is 397 g/mol. The minimum atomic E-state index is -1.87. The lowest BCUT2D eigenvalue weighted by Crippen LogP contribution is -2.21. The smallest absolute Gasteiger partial charge is 0.271 e. The molecule has 0 amide bonds. The van der Waals surface area contributed by atoms with E-state index in [-0.39, 0.29) is 5.56 Å². The molecule has 0 atom stereocenters. The van der Waals surface area contributed by atoms with Gasteiger partial charge in [-0.2, -0.15) is 8.78 Å². The highest BCUT2D eigenvalue weighted by Gasteiger charge is 2.23. The lowest BCUT2D eigenvalue weighted by Gasteiger charge is -2.29. The van der Waals surface area contributed by atoms with Crippen LogP contribution in [0.2, 0.25) is 0 Å². The molecule has 1 aliphatic rings. The first-order chi connectivity index (χ1) is 13.6. The van der Waals surface area contributed by atoms with Crippen molar-refractivity contribution in [3.05, 3.63) is 41.2 Å². The zero-order valence-corrected chi connectivity index (χ0v) is 17.2. The van der Waals surface area contributed by atoms with Crippen LogP contribution in [0.4, 0.5) is 13.2 Å². The molecule has 0 unspecified atom stereocenters. The van der Waals surface area contributed by atoms with Crippen LogP contribution in [-0.2, 0) is 4.74 Å². The van der Waals surface area contributed by atoms with E-state index in [0.717, 1.165) is 44.3 Å². The molecule has 0 aromatic heterocycles. The molecule has 0 spiro atoms. The molecule has 0 aliphatic heterocycles. The third-order valence-electron chi connectivity index (χ3n) is 5.79. The summed E-state index contributed by atoms with van der Waals surface area (Å²) < 4.78 is 44.7. The molecular weight excluding hydrogens is 361 g/mol. The Hall–Kier alpha value is -1.29. The molecule has 1 fully saturated rings. The van der Waals surface area contributed by atoms with Crippen LogP contribution in [-0.4, -0.2) is 12.7 Å². The van der Waals surface area contributed by atoms with Crippen molar-refractivity contribution >= 4 is 6.08 Å². The number of hydrogen-bond donors (Lipinski definition) is 0. The van der Waals surface area contributed by atoms with Crippen LogP contribution < -0.4 is 0 Å². The van der Waals surface area contributed by atoms with E-state index in [0.29, 0.717) is 18.1 Å². The van der Waals surface area contributed by atoms with Gasteiger partial charge in [-0.15, -0.1) is 0 Å². The SMILES string of the molecule is CCCCCCCCCCOC1CCC(c2ccc(C=C(F)F)c(F)c2)CC1. The minimum Gasteiger partial charge on any atom is -0.378 e. The standard InChI is InChI=1S/C24H35F3O/c1-2-3-4-5-6-7-8-9-16-28-22-14-12-19(13-15-22)20-10-11-21(18-24(26)27)23(25)17-20/h10-11,17-19,22H,2-9,12-16H2,1H3. The van der Waals surface area contributed by atoms with Crippen molar-refractivity contribution in [2.75, 3.05) is 6.61 Å². The fourth-order valence-electron chi connectivity index (χ4n) is 4.08. The van der Waals surface area contributed by atoms with Crippen molar-refractivity contribution in [2.24, 2.45) is 0 Å². The quantitative estimate of drug-likeness (QED) is 0.323. The van der Waals surface area contributed by atoms with Crippen LogP contribution in [0.15, 0.2) is 24.3 Å². The zero-order valence-electron chi connectivity index (χ0n) is 17.2. The highest BCUT2D eigenvalue weighted by molar-refractivity contribution is 5.51. The van der Waals surface area contributed by atoms with Gasteiger partial charge < -0.3 is 4.74 Å². The molecule has 0 bridgehead atoms. The molecule has 0 radical (unpaired) electrons. The normalized spacial score (nSPS) is 19.6. The van der Waals surface area contributed by atoms with Gasteiger partial charge in [0.1, 0.15) is 5.82 Å². The second kappa shape index (κ2) is 13.0. The van der Waals surface area contributed by atoms with Crippen LogP contribution >= 0.6 is 0 Å². The van der Waals surface area contributed by atoms with Crippen LogP contribution in [0.5, 0.6) is 0 Å². The summed E-state index contributed by atoms with van der Waals surface area (Å²) in [5, 5.41) is 0. The van der Waals surface area contributed by atoms with Crippen molar-refractivity contribution in [3.8, 4) is 0 Å². The monoisotopic (exact) mass is 396 g/mol. The van der Waals surface area contributed by atoms with Crippen molar-refractivity contribution < 1.29 is 17.9 Å². The number of halogens is 3. The van der Waals surface area contributed by atoms with E-state index in [1.165, 1.54) is 57.1 Å². The summed E-state index contributed by atoms with van der Waals surface area (Å²) >= 11 is 0. The van der Waals surface area contributed by atoms with Gasteiger partial charge in [-0.1, -0.05) is 64.0 Å². The summed E-state index contributed by atoms with van der Waals surface area (Å²) in [7, 11) is 0. The Morgan fingerprint density at radius 3 is 2.21 bits per heavy atom. The van der Waals surface area contributed by atoms with Gasteiger partial charge in [0, 0.05) is 18.2 Å². The fraction of sp³-hybridized carbons (Fsp3) is 0.667. The Morgan fingerprint density at radius 1 is 0.964 bits per heavy atom. The van der Waals surface area contributed by atoms with E-state index < -0.39 is 11.9 Å². The Kier molecular flexibility index (Phi) is 10.7. The van der Waals surface area contributed by atoms with E-state index in [1.807, 2.05) is 0 Å². The molecule has 1 aliphatic carbocycles. The third-order valence-corrected chi connectivity index (χ3v) is 5.79. The highest BCUT2D eigenvalue weighted by Crippen LogP contribution is 2.35. The van der Waals surface area contributed by atoms with Gasteiger partial charge in [0.25, 0.3) is 6.08 Å². The highest BCUT2D eigenvalue weighted by atomic mass is 19.3. The van der Waals surface area contributed by atoms with Crippen molar-refractivity contribution in [1.29, 1.82) is 0 Å². The first-order valence-electron chi connectivity index (χ1n) is 11.0. The predicted molar refractivity (Wildman–Crippen MR) is 110 cm³/mol. The van der Waals surface area contributed by atoms with Gasteiger partial charge in [0.2, 0.25) is 0 Å². The molecule has 1 saturated carbocycles. The van der Waals surface area contributed by atoms with Crippen LogP contribution in [0.25, 0.3) is 6.08 Å². The molecule has 1 aromatic carbocycles. The summed E-state index contributed by atoms with van der Waals surface area (Å²) in [5.74, 6) is -0.274. The number of benzene rings is 1. The second-order valence-corrected chi connectivity index (χ2v) is 8.03. The maximum atomic E-state index is 14.0. The van der Waals surface area contributed by atoms with Gasteiger partial charge >= 0.3 is 0 Å². The van der Waals surface area contributed by atoms with Crippen LogP contribution in [0.1, 0.15) is 101 Å². The van der Waals surface area contributed by atoms with Crippen LogP contribution in [0.3, 0.4) is 0 Å². The van der Waals surface area contributed by atoms with Crippen molar-refractivity contribution in [1.82, 2.24) is 0 Å². The van der Waals surface area contributed by atoms with E-state index in [9.17, 15) is 13.2 Å². The molecule has 4 heteroatoms. The van der Waals surface area contributed by atoms with E-state index in [4.69, 9.17) is 4.74 Å². The summed E-state index contributed by atoms with van der Waals surface area (Å²) in [5.41, 5.74) is 0.863. The molecule has 0 N–H and O–H groups in total. The van der Waals surface area contributed by atoms with Gasteiger partial charge in [0.15, 0.2) is 0 Å². The lowest BCUT2D eigenvalue weighted by atomic mass is 9.82. The molecular formula is C24H35F3O. The minimum absolute atomic E-state index is 0.0499. The number of unbranched alkanes of at least 4 members (excludes halogenated alkanes) is 7. The molecule has 0 saturated heterocycles. The first kappa shape index (κ1) is 23.0. The molecule has 0 heterocycles. The van der Waals surface area contributed by atoms with Gasteiger partial charge in [0.05, 0.1) is 6.10 Å². The molecule has 28 heavy (non-hydrogen) atoms. The third kappa shape index (κ3) is 8.38. The van der Waals surface area contributed by atoms with Gasteiger partial charge in [-0.25, -0.2) is 4.39 Å². The fourth-order valence-corrected chi connectivity index (χ4v) is 4.08. The number of ether oxygens (including phenoxy) is 1. The summed E-state index contributed by atoms with van der Waals surface area (Å²) in [6, 6.07) is 4.65. The Bertz CT molecular complexity index is 588. The number of hydrogen-bond acceptors (Lipinski definition) is 1. The predicted octanol–water partition coefficient (Wildman–Crippen LogP) is 8.25. The summed E-state index contributed by atoms with van der Waals surface area (Å²) in [6.07, 6.45) is 13.4. The molecule has 1 nitrogen and oxygen atoms in total. The van der Waals surface area contributed by atoms with Crippen molar-refractivity contribution in [3.63, 3.8) is 0 Å². The van der Waals surface area contributed by atoms with Crippen molar-refractivity contribution in [2.45, 2.75) is 96.0 Å². The topological polar surface area (TPSA) is 9.23 Å². The van der Waals surface area contributed by atoms with Gasteiger partial charge in [-0.3, -0.25) is 0 Å². The Morgan fingerprint density at radius 2 is 1.61 bits per heavy atom. The maximum Gasteiger partial charge on any atom is 0.271 e. The molecule has 1 aromatic rings. The first-order valence-corrected chi connectivity index (χ1v) is 11.0. The molecule has 2 rings (SSSR count). The summed E-state index contributed by atoms with van der Waals surface area (Å²) in [4.78, 5) is 0. The van der Waals surface area contributed by atoms with Crippen LogP contribution in [0, 0.1) is 5.82 Å². The second-order valence-electron chi connectivity index (χ2n) is 8.03. The van der Waals surface area contributed by atoms with E-state index in [1.54, 1.807) is 6.07 Å². The Labute approximate surface area is 168 Å². The maximum absolute atomic E-state index is 14.0. The average Bonchev–Trinajstić information content (AvgIpc) is 2.68. The summed E-state index contributed by atoms with van der Waals surface area (Å²) in [6.45, 7) is 3.09. The van der Waals surface area contributed by atoms with E-state index >= 15 is 0 Å². The number of rotatable bonds is 12.